The number of fused-ring (bicyclic) bond motifs is 2. The molecular weight excluding hydrogens is 200 g/mol. The first kappa shape index (κ1) is 9.09. The number of phenols is 1. The zero-order valence-corrected chi connectivity index (χ0v) is 8.81. The van der Waals surface area contributed by atoms with Crippen molar-refractivity contribution in [3.05, 3.63) is 42.0 Å². The lowest BCUT2D eigenvalue weighted by Crippen LogP contribution is -1.88. The summed E-state index contributed by atoms with van der Waals surface area (Å²) >= 11 is 0. The first-order valence-corrected chi connectivity index (χ1v) is 5.10. The number of aromatic hydroxyl groups is 1. The number of hydrogen-bond acceptors (Lipinski definition) is 3. The van der Waals surface area contributed by atoms with Crippen molar-refractivity contribution in [1.29, 1.82) is 0 Å². The van der Waals surface area contributed by atoms with Crippen molar-refractivity contribution in [3.8, 4) is 5.75 Å². The number of nitrogens with zero attached hydrogens (tertiary/aromatic N) is 2. The molecule has 3 heteroatoms. The van der Waals surface area contributed by atoms with Gasteiger partial charge in [-0.05, 0) is 36.8 Å². The minimum absolute atomic E-state index is 0.174. The van der Waals surface area contributed by atoms with Gasteiger partial charge in [-0.3, -0.25) is 0 Å². The van der Waals surface area contributed by atoms with E-state index in [0.717, 1.165) is 22.1 Å². The van der Waals surface area contributed by atoms with Gasteiger partial charge in [-0.1, -0.05) is 12.1 Å². The van der Waals surface area contributed by atoms with E-state index in [-0.39, 0.29) is 5.75 Å². The van der Waals surface area contributed by atoms with Crippen molar-refractivity contribution < 1.29 is 5.11 Å². The SMILES string of the molecule is Cc1ccc2nc3cccc(O)c3nc2c1. The molecule has 0 aliphatic carbocycles. The Hall–Kier alpha value is -2.16. The summed E-state index contributed by atoms with van der Waals surface area (Å²) in [5.41, 5.74) is 4.08. The molecule has 0 fully saturated rings. The molecule has 1 heterocycles. The van der Waals surface area contributed by atoms with Crippen LogP contribution < -0.4 is 0 Å². The van der Waals surface area contributed by atoms with Gasteiger partial charge in [-0.15, -0.1) is 0 Å². The third-order valence-electron chi connectivity index (χ3n) is 2.60. The predicted molar refractivity (Wildman–Crippen MR) is 63.4 cm³/mol. The van der Waals surface area contributed by atoms with E-state index in [2.05, 4.69) is 9.97 Å². The monoisotopic (exact) mass is 210 g/mol. The third kappa shape index (κ3) is 1.29. The van der Waals surface area contributed by atoms with E-state index in [1.165, 1.54) is 0 Å². The Kier molecular flexibility index (Phi) is 1.80. The predicted octanol–water partition coefficient (Wildman–Crippen LogP) is 2.80. The van der Waals surface area contributed by atoms with Gasteiger partial charge in [0.15, 0.2) is 0 Å². The Morgan fingerprint density at radius 3 is 2.69 bits per heavy atom. The Balaban J connectivity index is 2.49. The molecule has 0 saturated carbocycles. The van der Waals surface area contributed by atoms with Crippen LogP contribution in [0.3, 0.4) is 0 Å². The fourth-order valence-electron chi connectivity index (χ4n) is 1.79. The van der Waals surface area contributed by atoms with Gasteiger partial charge in [0, 0.05) is 0 Å². The lowest BCUT2D eigenvalue weighted by molar-refractivity contribution is 0.480. The summed E-state index contributed by atoms with van der Waals surface area (Å²) in [5.74, 6) is 0.174. The second-order valence-electron chi connectivity index (χ2n) is 3.86. The Labute approximate surface area is 92.4 Å². The van der Waals surface area contributed by atoms with E-state index < -0.39 is 0 Å². The average molecular weight is 210 g/mol. The van der Waals surface area contributed by atoms with E-state index in [0.29, 0.717) is 5.52 Å². The second-order valence-corrected chi connectivity index (χ2v) is 3.86. The van der Waals surface area contributed by atoms with Crippen molar-refractivity contribution in [3.63, 3.8) is 0 Å². The Morgan fingerprint density at radius 2 is 1.81 bits per heavy atom. The molecule has 1 aromatic heterocycles. The highest BCUT2D eigenvalue weighted by atomic mass is 16.3. The molecule has 0 radical (unpaired) electrons. The Bertz CT molecular complexity index is 692. The van der Waals surface area contributed by atoms with E-state index >= 15 is 0 Å². The van der Waals surface area contributed by atoms with Crippen LogP contribution in [0, 0.1) is 6.92 Å². The fourth-order valence-corrected chi connectivity index (χ4v) is 1.79. The number of aryl methyl sites for hydroxylation is 1. The standard InChI is InChI=1S/C13H10N2O/c1-8-5-6-9-11(7-8)15-13-10(14-9)3-2-4-12(13)16/h2-7,16H,1H3. The first-order valence-electron chi connectivity index (χ1n) is 5.10. The maximum absolute atomic E-state index is 9.70. The highest BCUT2D eigenvalue weighted by Gasteiger charge is 2.04. The zero-order valence-electron chi connectivity index (χ0n) is 8.81. The van der Waals surface area contributed by atoms with Crippen LogP contribution >= 0.6 is 0 Å². The van der Waals surface area contributed by atoms with Crippen LogP contribution in [0.5, 0.6) is 5.75 Å². The number of para-hydroxylation sites is 1. The minimum atomic E-state index is 0.174. The molecule has 3 aromatic rings. The number of aromatic nitrogens is 2. The summed E-state index contributed by atoms with van der Waals surface area (Å²) < 4.78 is 0. The van der Waals surface area contributed by atoms with Gasteiger partial charge < -0.3 is 5.11 Å². The summed E-state index contributed by atoms with van der Waals surface area (Å²) in [7, 11) is 0. The van der Waals surface area contributed by atoms with E-state index in [4.69, 9.17) is 0 Å². The van der Waals surface area contributed by atoms with Crippen LogP contribution in [-0.4, -0.2) is 15.1 Å². The summed E-state index contributed by atoms with van der Waals surface area (Å²) in [4.78, 5) is 8.88. The van der Waals surface area contributed by atoms with Gasteiger partial charge in [0.25, 0.3) is 0 Å². The molecule has 0 saturated heterocycles. The maximum atomic E-state index is 9.70. The average Bonchev–Trinajstić information content (AvgIpc) is 2.28. The van der Waals surface area contributed by atoms with Gasteiger partial charge in [0.1, 0.15) is 11.3 Å². The summed E-state index contributed by atoms with van der Waals surface area (Å²) in [6, 6.07) is 11.2. The van der Waals surface area contributed by atoms with Crippen LogP contribution in [0.1, 0.15) is 5.56 Å². The fraction of sp³-hybridized carbons (Fsp3) is 0.0769. The normalized spacial score (nSPS) is 11.1. The van der Waals surface area contributed by atoms with Gasteiger partial charge in [0.05, 0.1) is 16.6 Å². The highest BCUT2D eigenvalue weighted by Crippen LogP contribution is 2.23. The second kappa shape index (κ2) is 3.17. The molecule has 78 valence electrons. The first-order chi connectivity index (χ1) is 7.74. The van der Waals surface area contributed by atoms with Crippen LogP contribution in [0.15, 0.2) is 36.4 Å². The summed E-state index contributed by atoms with van der Waals surface area (Å²) in [6.07, 6.45) is 0. The lowest BCUT2D eigenvalue weighted by atomic mass is 10.2. The molecule has 0 aliphatic rings. The van der Waals surface area contributed by atoms with Crippen molar-refractivity contribution in [2.24, 2.45) is 0 Å². The van der Waals surface area contributed by atoms with E-state index in [9.17, 15) is 5.11 Å². The van der Waals surface area contributed by atoms with E-state index in [1.807, 2.05) is 31.2 Å². The number of hydrogen-bond donors (Lipinski definition) is 1. The van der Waals surface area contributed by atoms with Gasteiger partial charge in [-0.2, -0.15) is 0 Å². The molecule has 3 nitrogen and oxygen atoms in total. The zero-order chi connectivity index (χ0) is 11.1. The number of rotatable bonds is 0. The van der Waals surface area contributed by atoms with Gasteiger partial charge >= 0.3 is 0 Å². The van der Waals surface area contributed by atoms with Crippen molar-refractivity contribution >= 4 is 22.1 Å². The topological polar surface area (TPSA) is 46.0 Å². The van der Waals surface area contributed by atoms with Gasteiger partial charge in [0.2, 0.25) is 0 Å². The van der Waals surface area contributed by atoms with Crippen molar-refractivity contribution in [2.45, 2.75) is 6.92 Å². The third-order valence-corrected chi connectivity index (χ3v) is 2.60. The largest absolute Gasteiger partial charge is 0.506 e. The molecule has 0 aliphatic heterocycles. The molecule has 0 atom stereocenters. The molecule has 1 N–H and O–H groups in total. The maximum Gasteiger partial charge on any atom is 0.143 e. The molecular formula is C13H10N2O. The highest BCUT2D eigenvalue weighted by molar-refractivity contribution is 5.89. The molecule has 0 amide bonds. The number of benzene rings is 2. The van der Waals surface area contributed by atoms with Crippen LogP contribution in [-0.2, 0) is 0 Å². The Morgan fingerprint density at radius 1 is 0.938 bits per heavy atom. The van der Waals surface area contributed by atoms with Crippen LogP contribution in [0.4, 0.5) is 0 Å². The molecule has 0 bridgehead atoms. The van der Waals surface area contributed by atoms with Crippen molar-refractivity contribution in [2.75, 3.05) is 0 Å². The molecule has 0 unspecified atom stereocenters. The van der Waals surface area contributed by atoms with Gasteiger partial charge in [-0.25, -0.2) is 9.97 Å². The lowest BCUT2D eigenvalue weighted by Gasteiger charge is -2.02. The molecule has 0 spiro atoms. The van der Waals surface area contributed by atoms with Crippen LogP contribution in [0.25, 0.3) is 22.1 Å². The quantitative estimate of drug-likeness (QED) is 0.580. The molecule has 3 rings (SSSR count). The number of phenolic OH excluding ortho intramolecular Hbond substituents is 1. The smallest absolute Gasteiger partial charge is 0.143 e. The summed E-state index contributed by atoms with van der Waals surface area (Å²) in [6.45, 7) is 2.01. The molecule has 16 heavy (non-hydrogen) atoms. The summed E-state index contributed by atoms with van der Waals surface area (Å²) in [5, 5.41) is 9.70. The van der Waals surface area contributed by atoms with Crippen molar-refractivity contribution in [1.82, 2.24) is 9.97 Å². The van der Waals surface area contributed by atoms with E-state index in [1.54, 1.807) is 12.1 Å². The minimum Gasteiger partial charge on any atom is -0.506 e. The van der Waals surface area contributed by atoms with Crippen LogP contribution in [0.2, 0.25) is 0 Å². The molecule has 2 aromatic carbocycles.